The molecule has 1 saturated heterocycles. The summed E-state index contributed by atoms with van der Waals surface area (Å²) in [5.74, 6) is 0.260. The first-order chi connectivity index (χ1) is 7.63. The second-order valence-corrected chi connectivity index (χ2v) is 5.06. The average molecular weight is 225 g/mol. The highest BCUT2D eigenvalue weighted by molar-refractivity contribution is 5.83. The van der Waals surface area contributed by atoms with Crippen LogP contribution in [0.15, 0.2) is 0 Å². The normalized spacial score (nSPS) is 30.5. The van der Waals surface area contributed by atoms with Crippen LogP contribution in [0.4, 0.5) is 0 Å². The molecule has 1 heterocycles. The molecule has 1 N–H and O–H groups in total. The van der Waals surface area contributed by atoms with Crippen molar-refractivity contribution in [2.24, 2.45) is 0 Å². The summed E-state index contributed by atoms with van der Waals surface area (Å²) in [7, 11) is 2.16. The van der Waals surface area contributed by atoms with Crippen molar-refractivity contribution in [1.29, 1.82) is 0 Å². The first-order valence-corrected chi connectivity index (χ1v) is 6.40. The minimum Gasteiger partial charge on any atom is -0.325 e. The zero-order chi connectivity index (χ0) is 11.7. The van der Waals surface area contributed by atoms with E-state index in [9.17, 15) is 4.79 Å². The van der Waals surface area contributed by atoms with Crippen molar-refractivity contribution in [2.75, 3.05) is 20.1 Å². The first kappa shape index (κ1) is 11.9. The number of hydrogen-bond acceptors (Lipinski definition) is 3. The van der Waals surface area contributed by atoms with E-state index >= 15 is 0 Å². The highest BCUT2D eigenvalue weighted by atomic mass is 16.2. The van der Waals surface area contributed by atoms with Gasteiger partial charge in [-0.2, -0.15) is 0 Å². The highest BCUT2D eigenvalue weighted by Crippen LogP contribution is 2.25. The van der Waals surface area contributed by atoms with Crippen LogP contribution in [-0.2, 0) is 4.79 Å². The maximum atomic E-state index is 11.9. The van der Waals surface area contributed by atoms with E-state index in [0.29, 0.717) is 0 Å². The molecule has 1 saturated carbocycles. The van der Waals surface area contributed by atoms with Crippen molar-refractivity contribution in [3.63, 3.8) is 0 Å². The van der Waals surface area contributed by atoms with Gasteiger partial charge in [-0.05, 0) is 33.2 Å². The van der Waals surface area contributed by atoms with Crippen LogP contribution in [0.2, 0.25) is 0 Å². The molecule has 4 heteroatoms. The van der Waals surface area contributed by atoms with Gasteiger partial charge < -0.3 is 9.80 Å². The zero-order valence-electron chi connectivity index (χ0n) is 10.6. The number of carbonyl (C=O) groups is 1. The lowest BCUT2D eigenvalue weighted by Gasteiger charge is -2.26. The van der Waals surface area contributed by atoms with Crippen LogP contribution in [0, 0.1) is 0 Å². The van der Waals surface area contributed by atoms with Crippen LogP contribution < -0.4 is 5.32 Å². The van der Waals surface area contributed by atoms with E-state index in [-0.39, 0.29) is 18.1 Å². The number of nitrogens with one attached hydrogen (secondary N) is 1. The number of rotatable bonds is 5. The molecule has 1 aliphatic heterocycles. The van der Waals surface area contributed by atoms with Gasteiger partial charge in [-0.15, -0.1) is 0 Å². The average Bonchev–Trinajstić information content (AvgIpc) is 3.06. The Bertz CT molecular complexity index is 265. The minimum absolute atomic E-state index is 0.00354. The van der Waals surface area contributed by atoms with E-state index in [1.807, 2.05) is 11.8 Å². The molecule has 0 bridgehead atoms. The van der Waals surface area contributed by atoms with Gasteiger partial charge in [0.25, 0.3) is 0 Å². The van der Waals surface area contributed by atoms with E-state index in [2.05, 4.69) is 24.2 Å². The zero-order valence-corrected chi connectivity index (χ0v) is 10.6. The van der Waals surface area contributed by atoms with Crippen LogP contribution in [-0.4, -0.2) is 54.1 Å². The van der Waals surface area contributed by atoms with Crippen molar-refractivity contribution in [3.8, 4) is 0 Å². The van der Waals surface area contributed by atoms with Crippen molar-refractivity contribution < 1.29 is 4.79 Å². The fourth-order valence-electron chi connectivity index (χ4n) is 2.42. The quantitative estimate of drug-likeness (QED) is 0.746. The number of likely N-dealkylation sites (N-methyl/N-ethyl adjacent to an activating group) is 1. The van der Waals surface area contributed by atoms with E-state index in [0.717, 1.165) is 25.6 Å². The smallest absolute Gasteiger partial charge is 0.240 e. The van der Waals surface area contributed by atoms with Gasteiger partial charge in [-0.25, -0.2) is 0 Å². The molecule has 2 rings (SSSR count). The molecule has 2 atom stereocenters. The largest absolute Gasteiger partial charge is 0.325 e. The fraction of sp³-hybridized carbons (Fsp3) is 0.917. The van der Waals surface area contributed by atoms with Crippen molar-refractivity contribution >= 4 is 5.91 Å². The predicted octanol–water partition coefficient (Wildman–Crippen LogP) is 0.637. The SMILES string of the molecule is CCC1NC(C)C(=O)N1CCN(C)C1CC1. The van der Waals surface area contributed by atoms with Crippen LogP contribution in [0.1, 0.15) is 33.1 Å². The third-order valence-corrected chi connectivity index (χ3v) is 3.72. The molecular weight excluding hydrogens is 202 g/mol. The van der Waals surface area contributed by atoms with E-state index < -0.39 is 0 Å². The van der Waals surface area contributed by atoms with Crippen molar-refractivity contribution in [1.82, 2.24) is 15.1 Å². The van der Waals surface area contributed by atoms with Gasteiger partial charge in [-0.1, -0.05) is 6.92 Å². The summed E-state index contributed by atoms with van der Waals surface area (Å²) in [4.78, 5) is 16.3. The van der Waals surface area contributed by atoms with Crippen LogP contribution in [0.25, 0.3) is 0 Å². The van der Waals surface area contributed by atoms with E-state index in [1.54, 1.807) is 0 Å². The van der Waals surface area contributed by atoms with Gasteiger partial charge in [0, 0.05) is 19.1 Å². The Morgan fingerprint density at radius 2 is 2.19 bits per heavy atom. The van der Waals surface area contributed by atoms with Gasteiger partial charge in [0.15, 0.2) is 0 Å². The Hall–Kier alpha value is -0.610. The molecule has 0 spiro atoms. The van der Waals surface area contributed by atoms with E-state index in [1.165, 1.54) is 12.8 Å². The second-order valence-electron chi connectivity index (χ2n) is 5.06. The van der Waals surface area contributed by atoms with Crippen LogP contribution >= 0.6 is 0 Å². The van der Waals surface area contributed by atoms with Gasteiger partial charge in [0.1, 0.15) is 0 Å². The standard InChI is InChI=1S/C12H23N3O/c1-4-11-13-9(2)12(16)15(11)8-7-14(3)10-5-6-10/h9-11,13H,4-8H2,1-3H3. The molecule has 0 aromatic rings. The molecule has 2 aliphatic rings. The summed E-state index contributed by atoms with van der Waals surface area (Å²) < 4.78 is 0. The summed E-state index contributed by atoms with van der Waals surface area (Å²) in [5.41, 5.74) is 0. The molecule has 0 aromatic carbocycles. The van der Waals surface area contributed by atoms with Crippen molar-refractivity contribution in [3.05, 3.63) is 0 Å². The number of nitrogens with zero attached hydrogens (tertiary/aromatic N) is 2. The van der Waals surface area contributed by atoms with E-state index in [4.69, 9.17) is 0 Å². The molecule has 1 aliphatic carbocycles. The Labute approximate surface area is 98.0 Å². The van der Waals surface area contributed by atoms with Gasteiger partial charge in [-0.3, -0.25) is 10.1 Å². The molecule has 2 unspecified atom stereocenters. The van der Waals surface area contributed by atoms with Gasteiger partial charge in [0.2, 0.25) is 5.91 Å². The molecule has 16 heavy (non-hydrogen) atoms. The predicted molar refractivity (Wildman–Crippen MR) is 64.0 cm³/mol. The molecule has 0 radical (unpaired) electrons. The molecule has 1 amide bonds. The second kappa shape index (κ2) is 4.72. The number of carbonyl (C=O) groups excluding carboxylic acids is 1. The number of hydrogen-bond donors (Lipinski definition) is 1. The Kier molecular flexibility index (Phi) is 3.50. The maximum absolute atomic E-state index is 11.9. The van der Waals surface area contributed by atoms with Gasteiger partial charge >= 0.3 is 0 Å². The summed E-state index contributed by atoms with van der Waals surface area (Å²) in [6.07, 6.45) is 3.89. The number of amides is 1. The first-order valence-electron chi connectivity index (χ1n) is 6.40. The molecule has 4 nitrogen and oxygen atoms in total. The summed E-state index contributed by atoms with van der Waals surface area (Å²) in [5, 5.41) is 3.33. The lowest BCUT2D eigenvalue weighted by molar-refractivity contribution is -0.129. The Balaban J connectivity index is 1.84. The molecule has 92 valence electrons. The molecular formula is C12H23N3O. The third kappa shape index (κ3) is 2.38. The molecule has 2 fully saturated rings. The fourth-order valence-corrected chi connectivity index (χ4v) is 2.42. The third-order valence-electron chi connectivity index (χ3n) is 3.72. The minimum atomic E-state index is -0.00354. The van der Waals surface area contributed by atoms with Crippen LogP contribution in [0.3, 0.4) is 0 Å². The van der Waals surface area contributed by atoms with Gasteiger partial charge in [0.05, 0.1) is 12.2 Å². The summed E-state index contributed by atoms with van der Waals surface area (Å²) in [6, 6.07) is 0.777. The summed E-state index contributed by atoms with van der Waals surface area (Å²) >= 11 is 0. The lowest BCUT2D eigenvalue weighted by atomic mass is 10.3. The molecule has 0 aromatic heterocycles. The monoisotopic (exact) mass is 225 g/mol. The Morgan fingerprint density at radius 3 is 2.75 bits per heavy atom. The van der Waals surface area contributed by atoms with Crippen molar-refractivity contribution in [2.45, 2.75) is 51.4 Å². The lowest BCUT2D eigenvalue weighted by Crippen LogP contribution is -2.41. The van der Waals surface area contributed by atoms with Crippen LogP contribution in [0.5, 0.6) is 0 Å². The highest BCUT2D eigenvalue weighted by Gasteiger charge is 2.35. The summed E-state index contributed by atoms with van der Waals surface area (Å²) in [6.45, 7) is 5.94. The topological polar surface area (TPSA) is 35.6 Å². The Morgan fingerprint density at radius 1 is 1.50 bits per heavy atom. The maximum Gasteiger partial charge on any atom is 0.240 e.